The van der Waals surface area contributed by atoms with Crippen molar-refractivity contribution in [1.29, 1.82) is 0 Å². The lowest BCUT2D eigenvalue weighted by molar-refractivity contribution is -0.120. The highest BCUT2D eigenvalue weighted by Gasteiger charge is 2.22. The molecule has 1 heterocycles. The Morgan fingerprint density at radius 2 is 2.50 bits per heavy atom. The number of thiocarbonyl (C=S) groups is 1. The molecule has 0 bridgehead atoms. The summed E-state index contributed by atoms with van der Waals surface area (Å²) in [5.41, 5.74) is 6.62. The number of hydrogen-bond acceptors (Lipinski definition) is 3. The van der Waals surface area contributed by atoms with Crippen molar-refractivity contribution in [3.63, 3.8) is 0 Å². The van der Waals surface area contributed by atoms with Crippen LogP contribution in [-0.4, -0.2) is 10.9 Å². The van der Waals surface area contributed by atoms with E-state index in [1.54, 1.807) is 11.3 Å². The second kappa shape index (κ2) is 4.93. The first-order chi connectivity index (χ1) is 7.66. The molecule has 0 aromatic carbocycles. The van der Waals surface area contributed by atoms with Gasteiger partial charge in [-0.25, -0.2) is 0 Å². The number of thiophene rings is 1. The van der Waals surface area contributed by atoms with Crippen molar-refractivity contribution in [2.45, 2.75) is 31.7 Å². The Hall–Kier alpha value is -0.940. The molecular weight excluding hydrogens is 240 g/mol. The maximum atomic E-state index is 11.6. The van der Waals surface area contributed by atoms with E-state index in [4.69, 9.17) is 18.0 Å². The SMILES string of the molecule is NC(=S)CC(=O)NC1CCCc2sccc21. The lowest BCUT2D eigenvalue weighted by Crippen LogP contribution is -2.32. The zero-order valence-corrected chi connectivity index (χ0v) is 10.5. The highest BCUT2D eigenvalue weighted by molar-refractivity contribution is 7.80. The Kier molecular flexibility index (Phi) is 3.56. The van der Waals surface area contributed by atoms with Crippen LogP contribution in [0.5, 0.6) is 0 Å². The summed E-state index contributed by atoms with van der Waals surface area (Å²) in [6.07, 6.45) is 3.41. The summed E-state index contributed by atoms with van der Waals surface area (Å²) < 4.78 is 0. The highest BCUT2D eigenvalue weighted by Crippen LogP contribution is 2.33. The van der Waals surface area contributed by atoms with Crippen LogP contribution in [0.3, 0.4) is 0 Å². The molecule has 1 aliphatic rings. The summed E-state index contributed by atoms with van der Waals surface area (Å²) in [7, 11) is 0. The Morgan fingerprint density at radius 3 is 3.25 bits per heavy atom. The van der Waals surface area contributed by atoms with Gasteiger partial charge in [-0.15, -0.1) is 11.3 Å². The van der Waals surface area contributed by atoms with Crippen molar-refractivity contribution in [2.24, 2.45) is 5.73 Å². The summed E-state index contributed by atoms with van der Waals surface area (Å²) in [6, 6.07) is 2.25. The number of fused-ring (bicyclic) bond motifs is 1. The first-order valence-corrected chi connectivity index (χ1v) is 6.59. The monoisotopic (exact) mass is 254 g/mol. The van der Waals surface area contributed by atoms with Gasteiger partial charge in [0.15, 0.2) is 0 Å². The predicted octanol–water partition coefficient (Wildman–Crippen LogP) is 1.92. The number of aryl methyl sites for hydroxylation is 1. The summed E-state index contributed by atoms with van der Waals surface area (Å²) in [4.78, 5) is 13.2. The lowest BCUT2D eigenvalue weighted by atomic mass is 9.94. The molecule has 1 aromatic heterocycles. The zero-order valence-electron chi connectivity index (χ0n) is 8.86. The molecule has 5 heteroatoms. The van der Waals surface area contributed by atoms with Crippen molar-refractivity contribution in [3.8, 4) is 0 Å². The second-order valence-corrected chi connectivity index (χ2v) is 5.48. The van der Waals surface area contributed by atoms with E-state index in [1.807, 2.05) is 0 Å². The van der Waals surface area contributed by atoms with Gasteiger partial charge in [0, 0.05) is 4.88 Å². The fourth-order valence-corrected chi connectivity index (χ4v) is 3.16. The van der Waals surface area contributed by atoms with Gasteiger partial charge < -0.3 is 11.1 Å². The van der Waals surface area contributed by atoms with Gasteiger partial charge in [0.1, 0.15) is 0 Å². The first-order valence-electron chi connectivity index (χ1n) is 5.31. The molecule has 16 heavy (non-hydrogen) atoms. The van der Waals surface area contributed by atoms with Gasteiger partial charge in [0.2, 0.25) is 5.91 Å². The van der Waals surface area contributed by atoms with Crippen LogP contribution in [0, 0.1) is 0 Å². The van der Waals surface area contributed by atoms with Gasteiger partial charge in [-0.05, 0) is 36.3 Å². The normalized spacial score (nSPS) is 18.9. The van der Waals surface area contributed by atoms with Crippen LogP contribution in [0.25, 0.3) is 0 Å². The van der Waals surface area contributed by atoms with Crippen molar-refractivity contribution in [3.05, 3.63) is 21.9 Å². The highest BCUT2D eigenvalue weighted by atomic mass is 32.1. The molecule has 1 aromatic rings. The van der Waals surface area contributed by atoms with Gasteiger partial charge in [-0.3, -0.25) is 4.79 Å². The van der Waals surface area contributed by atoms with Crippen LogP contribution < -0.4 is 11.1 Å². The molecule has 0 fully saturated rings. The molecule has 1 aliphatic carbocycles. The van der Waals surface area contributed by atoms with E-state index in [0.717, 1.165) is 19.3 Å². The van der Waals surface area contributed by atoms with Crippen molar-refractivity contribution in [2.75, 3.05) is 0 Å². The Balaban J connectivity index is 2.02. The molecule has 86 valence electrons. The van der Waals surface area contributed by atoms with Crippen LogP contribution in [0.15, 0.2) is 11.4 Å². The molecule has 3 N–H and O–H groups in total. The third-order valence-electron chi connectivity index (χ3n) is 2.72. The fourth-order valence-electron chi connectivity index (χ4n) is 2.04. The zero-order chi connectivity index (χ0) is 11.5. The van der Waals surface area contributed by atoms with Crippen LogP contribution >= 0.6 is 23.6 Å². The fraction of sp³-hybridized carbons (Fsp3) is 0.455. The number of nitrogens with two attached hydrogens (primary N) is 1. The van der Waals surface area contributed by atoms with Crippen molar-refractivity contribution in [1.82, 2.24) is 5.32 Å². The molecule has 0 saturated carbocycles. The van der Waals surface area contributed by atoms with Crippen LogP contribution in [-0.2, 0) is 11.2 Å². The van der Waals surface area contributed by atoms with E-state index >= 15 is 0 Å². The maximum Gasteiger partial charge on any atom is 0.227 e. The number of nitrogens with one attached hydrogen (secondary N) is 1. The third kappa shape index (κ3) is 2.59. The van der Waals surface area contributed by atoms with E-state index in [1.165, 1.54) is 10.4 Å². The largest absolute Gasteiger partial charge is 0.393 e. The Bertz CT molecular complexity index is 414. The van der Waals surface area contributed by atoms with Gasteiger partial charge >= 0.3 is 0 Å². The maximum absolute atomic E-state index is 11.6. The van der Waals surface area contributed by atoms with Gasteiger partial charge in [0.25, 0.3) is 0 Å². The summed E-state index contributed by atoms with van der Waals surface area (Å²) in [6.45, 7) is 0. The minimum absolute atomic E-state index is 0.0726. The molecule has 3 nitrogen and oxygen atoms in total. The third-order valence-corrected chi connectivity index (χ3v) is 3.86. The van der Waals surface area contributed by atoms with E-state index < -0.39 is 0 Å². The number of amides is 1. The molecule has 1 unspecified atom stereocenters. The Labute approximate surface area is 104 Å². The molecule has 0 saturated heterocycles. The number of hydrogen-bond donors (Lipinski definition) is 2. The summed E-state index contributed by atoms with van der Waals surface area (Å²) in [5.74, 6) is -0.0726. The lowest BCUT2D eigenvalue weighted by Gasteiger charge is -2.23. The molecule has 1 amide bonds. The smallest absolute Gasteiger partial charge is 0.227 e. The van der Waals surface area contributed by atoms with Gasteiger partial charge in [-0.1, -0.05) is 12.2 Å². The summed E-state index contributed by atoms with van der Waals surface area (Å²) >= 11 is 6.49. The molecule has 0 aliphatic heterocycles. The average molecular weight is 254 g/mol. The number of carbonyl (C=O) groups excluding carboxylic acids is 1. The topological polar surface area (TPSA) is 55.1 Å². The van der Waals surface area contributed by atoms with Crippen LogP contribution in [0.1, 0.15) is 35.7 Å². The van der Waals surface area contributed by atoms with E-state index in [0.29, 0.717) is 0 Å². The first kappa shape index (κ1) is 11.5. The molecular formula is C11H14N2OS2. The minimum Gasteiger partial charge on any atom is -0.393 e. The molecule has 2 rings (SSSR count). The average Bonchev–Trinajstić information content (AvgIpc) is 2.65. The molecule has 0 spiro atoms. The second-order valence-electron chi connectivity index (χ2n) is 3.95. The van der Waals surface area contributed by atoms with Crippen LogP contribution in [0.2, 0.25) is 0 Å². The van der Waals surface area contributed by atoms with Gasteiger partial charge in [-0.2, -0.15) is 0 Å². The summed E-state index contributed by atoms with van der Waals surface area (Å²) in [5, 5.41) is 5.08. The standard InChI is InChI=1S/C11H14N2OS2/c12-10(15)6-11(14)13-8-2-1-3-9-7(8)4-5-16-9/h4-5,8H,1-3,6H2,(H2,12,15)(H,13,14). The van der Waals surface area contributed by atoms with Crippen LogP contribution in [0.4, 0.5) is 0 Å². The number of carbonyl (C=O) groups is 1. The number of rotatable bonds is 3. The molecule has 0 radical (unpaired) electrons. The molecule has 1 atom stereocenters. The van der Waals surface area contributed by atoms with Gasteiger partial charge in [0.05, 0.1) is 17.5 Å². The van der Waals surface area contributed by atoms with E-state index in [2.05, 4.69) is 16.8 Å². The van der Waals surface area contributed by atoms with Crippen molar-refractivity contribution >= 4 is 34.5 Å². The Morgan fingerprint density at radius 1 is 1.69 bits per heavy atom. The minimum atomic E-state index is -0.0726. The van der Waals surface area contributed by atoms with E-state index in [-0.39, 0.29) is 23.4 Å². The van der Waals surface area contributed by atoms with Crippen molar-refractivity contribution < 1.29 is 4.79 Å². The predicted molar refractivity (Wildman–Crippen MR) is 69.5 cm³/mol. The van der Waals surface area contributed by atoms with E-state index in [9.17, 15) is 4.79 Å². The quantitative estimate of drug-likeness (QED) is 0.810.